The molecule has 0 radical (unpaired) electrons. The van der Waals surface area contributed by atoms with E-state index < -0.39 is 11.7 Å². The van der Waals surface area contributed by atoms with Crippen molar-refractivity contribution in [3.05, 3.63) is 29.6 Å². The monoisotopic (exact) mass is 226 g/mol. The summed E-state index contributed by atoms with van der Waals surface area (Å²) in [5.41, 5.74) is 5.79. The number of carbonyl (C=O) groups is 1. The Morgan fingerprint density at radius 2 is 2.25 bits per heavy atom. The highest BCUT2D eigenvalue weighted by atomic mass is 19.1. The molecule has 0 atom stereocenters. The van der Waals surface area contributed by atoms with Gasteiger partial charge in [0, 0.05) is 25.9 Å². The third-order valence-electron chi connectivity index (χ3n) is 2.22. The number of nitrogens with zero attached hydrogens (tertiary/aromatic N) is 1. The molecule has 88 valence electrons. The summed E-state index contributed by atoms with van der Waals surface area (Å²) in [6, 6.07) is 3.88. The normalized spacial score (nSPS) is 10.2. The minimum Gasteiger partial charge on any atom is -0.399 e. The van der Waals surface area contributed by atoms with Gasteiger partial charge in [0.05, 0.1) is 5.56 Å². The average Bonchev–Trinajstić information content (AvgIpc) is 2.28. The quantitative estimate of drug-likeness (QED) is 0.748. The fourth-order valence-corrected chi connectivity index (χ4v) is 1.32. The van der Waals surface area contributed by atoms with Crippen LogP contribution >= 0.6 is 0 Å². The first kappa shape index (κ1) is 12.4. The maximum Gasteiger partial charge on any atom is 0.256 e. The Morgan fingerprint density at radius 3 is 2.88 bits per heavy atom. The average molecular weight is 226 g/mol. The Labute approximate surface area is 93.5 Å². The van der Waals surface area contributed by atoms with Gasteiger partial charge in [-0.05, 0) is 24.6 Å². The van der Waals surface area contributed by atoms with Gasteiger partial charge in [0.15, 0.2) is 0 Å². The van der Waals surface area contributed by atoms with Gasteiger partial charge in [-0.3, -0.25) is 4.79 Å². The van der Waals surface area contributed by atoms with E-state index in [9.17, 15) is 9.18 Å². The lowest BCUT2D eigenvalue weighted by atomic mass is 10.1. The van der Waals surface area contributed by atoms with Crippen LogP contribution in [0.2, 0.25) is 0 Å². The molecule has 0 saturated heterocycles. The van der Waals surface area contributed by atoms with Crippen molar-refractivity contribution >= 4 is 11.6 Å². The van der Waals surface area contributed by atoms with Crippen molar-refractivity contribution in [3.8, 4) is 0 Å². The molecule has 0 aliphatic heterocycles. The van der Waals surface area contributed by atoms with Gasteiger partial charge in [-0.15, -0.1) is 0 Å². The van der Waals surface area contributed by atoms with Crippen molar-refractivity contribution in [2.45, 2.75) is 6.42 Å². The summed E-state index contributed by atoms with van der Waals surface area (Å²) in [6.07, 6.45) is 0.464. The van der Waals surface area contributed by atoms with Gasteiger partial charge < -0.3 is 15.7 Å². The van der Waals surface area contributed by atoms with Crippen LogP contribution in [0.3, 0.4) is 0 Å². The Morgan fingerprint density at radius 1 is 1.56 bits per heavy atom. The highest BCUT2D eigenvalue weighted by Gasteiger charge is 2.15. The summed E-state index contributed by atoms with van der Waals surface area (Å²) in [7, 11) is 1.56. The second-order valence-electron chi connectivity index (χ2n) is 3.54. The van der Waals surface area contributed by atoms with E-state index in [4.69, 9.17) is 10.8 Å². The van der Waals surface area contributed by atoms with E-state index in [2.05, 4.69) is 0 Å². The number of aliphatic hydroxyl groups is 1. The number of anilines is 1. The molecule has 0 unspecified atom stereocenters. The van der Waals surface area contributed by atoms with Crippen LogP contribution in [-0.2, 0) is 0 Å². The molecule has 0 aliphatic rings. The predicted molar refractivity (Wildman–Crippen MR) is 59.5 cm³/mol. The van der Waals surface area contributed by atoms with E-state index in [1.165, 1.54) is 23.1 Å². The molecule has 1 rings (SSSR count). The smallest absolute Gasteiger partial charge is 0.256 e. The maximum absolute atomic E-state index is 13.4. The number of carbonyl (C=O) groups excluding carboxylic acids is 1. The summed E-state index contributed by atoms with van der Waals surface area (Å²) in [6.45, 7) is 0.376. The largest absolute Gasteiger partial charge is 0.399 e. The van der Waals surface area contributed by atoms with Crippen molar-refractivity contribution in [1.29, 1.82) is 0 Å². The highest BCUT2D eigenvalue weighted by Crippen LogP contribution is 2.13. The molecule has 0 saturated carbocycles. The molecular formula is C11H15FN2O2. The third-order valence-corrected chi connectivity index (χ3v) is 2.22. The van der Waals surface area contributed by atoms with E-state index in [-0.39, 0.29) is 12.2 Å². The van der Waals surface area contributed by atoms with Gasteiger partial charge in [0.2, 0.25) is 0 Å². The molecule has 1 aromatic rings. The molecule has 1 aromatic carbocycles. The molecule has 5 heteroatoms. The Balaban J connectivity index is 2.83. The summed E-state index contributed by atoms with van der Waals surface area (Å²) in [5.74, 6) is -1.02. The summed E-state index contributed by atoms with van der Waals surface area (Å²) in [5, 5.41) is 8.63. The molecule has 0 aromatic heterocycles. The first-order valence-electron chi connectivity index (χ1n) is 4.97. The van der Waals surface area contributed by atoms with Gasteiger partial charge in [-0.2, -0.15) is 0 Å². The third kappa shape index (κ3) is 2.93. The molecule has 4 nitrogen and oxygen atoms in total. The van der Waals surface area contributed by atoms with Gasteiger partial charge in [0.1, 0.15) is 5.82 Å². The molecule has 0 fully saturated rings. The van der Waals surface area contributed by atoms with Crippen LogP contribution in [0.5, 0.6) is 0 Å². The molecule has 16 heavy (non-hydrogen) atoms. The summed E-state index contributed by atoms with van der Waals surface area (Å²) >= 11 is 0. The van der Waals surface area contributed by atoms with Gasteiger partial charge in [-0.25, -0.2) is 4.39 Å². The van der Waals surface area contributed by atoms with E-state index in [1.807, 2.05) is 0 Å². The molecule has 0 heterocycles. The Bertz CT molecular complexity index is 382. The first-order valence-corrected chi connectivity index (χ1v) is 4.97. The molecule has 0 spiro atoms. The zero-order valence-corrected chi connectivity index (χ0v) is 9.11. The first-order chi connectivity index (χ1) is 7.56. The van der Waals surface area contributed by atoms with Crippen molar-refractivity contribution in [2.24, 2.45) is 0 Å². The number of hydrogen-bond donors (Lipinski definition) is 2. The lowest BCUT2D eigenvalue weighted by Gasteiger charge is -2.17. The fraction of sp³-hybridized carbons (Fsp3) is 0.364. The lowest BCUT2D eigenvalue weighted by molar-refractivity contribution is 0.0782. The van der Waals surface area contributed by atoms with E-state index >= 15 is 0 Å². The second kappa shape index (κ2) is 5.46. The molecule has 1 amide bonds. The standard InChI is InChI=1S/C11H15FN2O2/c1-14(5-2-6-15)11(16)9-7-8(13)3-4-10(9)12/h3-4,7,15H,2,5-6,13H2,1H3. The van der Waals surface area contributed by atoms with E-state index in [0.717, 1.165) is 0 Å². The summed E-state index contributed by atoms with van der Waals surface area (Å²) < 4.78 is 13.4. The van der Waals surface area contributed by atoms with Crippen LogP contribution in [0.1, 0.15) is 16.8 Å². The Hall–Kier alpha value is -1.62. The fourth-order valence-electron chi connectivity index (χ4n) is 1.32. The van der Waals surface area contributed by atoms with Crippen molar-refractivity contribution in [1.82, 2.24) is 4.90 Å². The number of halogens is 1. The number of nitrogens with two attached hydrogens (primary N) is 1. The van der Waals surface area contributed by atoms with Gasteiger partial charge in [0.25, 0.3) is 5.91 Å². The van der Waals surface area contributed by atoms with Crippen LogP contribution < -0.4 is 5.73 Å². The van der Waals surface area contributed by atoms with E-state index in [0.29, 0.717) is 18.7 Å². The van der Waals surface area contributed by atoms with Crippen molar-refractivity contribution in [2.75, 3.05) is 25.9 Å². The SMILES string of the molecule is CN(CCCO)C(=O)c1cc(N)ccc1F. The summed E-state index contributed by atoms with van der Waals surface area (Å²) in [4.78, 5) is 13.1. The molecule has 3 N–H and O–H groups in total. The van der Waals surface area contributed by atoms with Crippen LogP contribution in [-0.4, -0.2) is 36.1 Å². The zero-order chi connectivity index (χ0) is 12.1. The van der Waals surface area contributed by atoms with E-state index in [1.54, 1.807) is 7.05 Å². The minimum absolute atomic E-state index is 0.00295. The van der Waals surface area contributed by atoms with Crippen LogP contribution in [0.4, 0.5) is 10.1 Å². The second-order valence-corrected chi connectivity index (χ2v) is 3.54. The Kier molecular flexibility index (Phi) is 4.25. The lowest BCUT2D eigenvalue weighted by Crippen LogP contribution is -2.29. The minimum atomic E-state index is -0.588. The number of hydrogen-bond acceptors (Lipinski definition) is 3. The topological polar surface area (TPSA) is 66.6 Å². The van der Waals surface area contributed by atoms with Gasteiger partial charge >= 0.3 is 0 Å². The van der Waals surface area contributed by atoms with Gasteiger partial charge in [-0.1, -0.05) is 0 Å². The van der Waals surface area contributed by atoms with Crippen molar-refractivity contribution in [3.63, 3.8) is 0 Å². The zero-order valence-electron chi connectivity index (χ0n) is 9.11. The molecular weight excluding hydrogens is 211 g/mol. The maximum atomic E-state index is 13.4. The van der Waals surface area contributed by atoms with Crippen LogP contribution in [0, 0.1) is 5.82 Å². The predicted octanol–water partition coefficient (Wildman–Crippen LogP) is 0.862. The van der Waals surface area contributed by atoms with Crippen LogP contribution in [0.25, 0.3) is 0 Å². The highest BCUT2D eigenvalue weighted by molar-refractivity contribution is 5.95. The number of nitrogen functional groups attached to an aromatic ring is 1. The molecule has 0 bridgehead atoms. The number of amides is 1. The molecule has 0 aliphatic carbocycles. The van der Waals surface area contributed by atoms with Crippen molar-refractivity contribution < 1.29 is 14.3 Å². The number of aliphatic hydroxyl groups excluding tert-OH is 1. The number of benzene rings is 1. The van der Waals surface area contributed by atoms with Crippen LogP contribution in [0.15, 0.2) is 18.2 Å². The number of rotatable bonds is 4.